The number of hydrogen-bond acceptors (Lipinski definition) is 7. The van der Waals surface area contributed by atoms with E-state index in [4.69, 9.17) is 12.2 Å². The third kappa shape index (κ3) is 6.46. The topological polar surface area (TPSA) is 104 Å². The molecule has 1 aliphatic heterocycles. The number of nitrogens with one attached hydrogen (secondary N) is 1. The fraction of sp³-hybridized carbons (Fsp3) is 0.0938. The van der Waals surface area contributed by atoms with Gasteiger partial charge < -0.3 is 5.11 Å². The lowest BCUT2D eigenvalue weighted by molar-refractivity contribution is -0.131. The van der Waals surface area contributed by atoms with Crippen molar-refractivity contribution in [2.75, 3.05) is 0 Å². The largest absolute Gasteiger partial charge is 0.507 e. The van der Waals surface area contributed by atoms with Crippen molar-refractivity contribution in [3.8, 4) is 16.9 Å². The molecular formula is C32H26N2O5S3. The van der Waals surface area contributed by atoms with Crippen LogP contribution < -0.4 is 4.72 Å². The van der Waals surface area contributed by atoms with Crippen molar-refractivity contribution < 1.29 is 23.1 Å². The summed E-state index contributed by atoms with van der Waals surface area (Å²) in [5.74, 6) is -1.46. The van der Waals surface area contributed by atoms with E-state index in [-0.39, 0.29) is 26.3 Å². The number of phenols is 1. The summed E-state index contributed by atoms with van der Waals surface area (Å²) in [7, 11) is -4.21. The van der Waals surface area contributed by atoms with Crippen molar-refractivity contribution in [1.82, 2.24) is 9.62 Å². The second kappa shape index (κ2) is 12.3. The minimum absolute atomic E-state index is 0.0237. The predicted octanol–water partition coefficient (Wildman–Crippen LogP) is 5.69. The molecule has 1 fully saturated rings. The molecule has 0 saturated carbocycles. The quantitative estimate of drug-likeness (QED) is 0.194. The Balaban J connectivity index is 1.44. The number of carbonyl (C=O) groups is 2. The van der Waals surface area contributed by atoms with Gasteiger partial charge in [-0.2, -0.15) is 0 Å². The number of sulfonamides is 1. The van der Waals surface area contributed by atoms with Crippen molar-refractivity contribution in [2.24, 2.45) is 0 Å². The molecule has 2 N–H and O–H groups in total. The van der Waals surface area contributed by atoms with E-state index in [1.165, 1.54) is 18.2 Å². The fourth-order valence-electron chi connectivity index (χ4n) is 4.48. The number of hydrogen-bond donors (Lipinski definition) is 2. The Morgan fingerprint density at radius 2 is 1.60 bits per heavy atom. The van der Waals surface area contributed by atoms with Gasteiger partial charge in [-0.3, -0.25) is 14.5 Å². The first-order valence-corrected chi connectivity index (χ1v) is 15.7. The molecule has 1 atom stereocenters. The zero-order valence-electron chi connectivity index (χ0n) is 22.4. The highest BCUT2D eigenvalue weighted by atomic mass is 32.2. The number of thioether (sulfide) groups is 1. The fourth-order valence-corrected chi connectivity index (χ4v) is 6.84. The molecule has 1 heterocycles. The van der Waals surface area contributed by atoms with Gasteiger partial charge in [0.15, 0.2) is 0 Å². The molecule has 5 rings (SSSR count). The third-order valence-corrected chi connectivity index (χ3v) is 9.39. The number of rotatable bonds is 8. The molecule has 1 aliphatic rings. The lowest BCUT2D eigenvalue weighted by atomic mass is 10.0. The van der Waals surface area contributed by atoms with Crippen LogP contribution in [0.15, 0.2) is 113 Å². The molecule has 0 spiro atoms. The Bertz CT molecular complexity index is 1790. The maximum absolute atomic E-state index is 13.7. The van der Waals surface area contributed by atoms with Gasteiger partial charge >= 0.3 is 0 Å². The highest BCUT2D eigenvalue weighted by Gasteiger charge is 2.41. The van der Waals surface area contributed by atoms with Crippen LogP contribution in [0.5, 0.6) is 5.75 Å². The van der Waals surface area contributed by atoms with Crippen molar-refractivity contribution in [3.05, 3.63) is 125 Å². The van der Waals surface area contributed by atoms with Gasteiger partial charge in [0.1, 0.15) is 16.1 Å². The van der Waals surface area contributed by atoms with E-state index in [9.17, 15) is 23.1 Å². The van der Waals surface area contributed by atoms with Crippen LogP contribution in [0, 0.1) is 6.92 Å². The van der Waals surface area contributed by atoms with Crippen LogP contribution in [0.25, 0.3) is 17.2 Å². The summed E-state index contributed by atoms with van der Waals surface area (Å²) in [5, 5.41) is 10.7. The molecule has 0 aliphatic carbocycles. The molecule has 42 heavy (non-hydrogen) atoms. The Morgan fingerprint density at radius 3 is 2.24 bits per heavy atom. The van der Waals surface area contributed by atoms with Crippen molar-refractivity contribution >= 4 is 56.2 Å². The summed E-state index contributed by atoms with van der Waals surface area (Å²) < 4.78 is 28.3. The standard InChI is InChI=1S/C32H26N2O5S3/c1-21-12-16-26(17-13-21)42(38,39)33-30(36)27(18-22-8-4-2-5-9-22)34-31(37)29(41-32(34)40)20-25-15-14-24(19-28(25)35)23-10-6-3-7-11-23/h2-17,19-20,27,35H,18H2,1H3,(H,33,36)/b29-20-. The van der Waals surface area contributed by atoms with Gasteiger partial charge in [0.25, 0.3) is 21.8 Å². The predicted molar refractivity (Wildman–Crippen MR) is 169 cm³/mol. The lowest BCUT2D eigenvalue weighted by Gasteiger charge is -2.26. The minimum Gasteiger partial charge on any atom is -0.507 e. The Morgan fingerprint density at radius 1 is 0.952 bits per heavy atom. The second-order valence-electron chi connectivity index (χ2n) is 9.68. The summed E-state index contributed by atoms with van der Waals surface area (Å²) in [4.78, 5) is 28.5. The molecule has 4 aromatic carbocycles. The molecule has 2 amide bonds. The molecule has 10 heteroatoms. The summed E-state index contributed by atoms with van der Waals surface area (Å²) in [6, 6.07) is 28.5. The first-order valence-electron chi connectivity index (χ1n) is 12.9. The zero-order valence-corrected chi connectivity index (χ0v) is 24.9. The smallest absolute Gasteiger partial charge is 0.266 e. The Labute approximate surface area is 253 Å². The van der Waals surface area contributed by atoms with E-state index >= 15 is 0 Å². The van der Waals surface area contributed by atoms with Crippen molar-refractivity contribution in [2.45, 2.75) is 24.3 Å². The molecular weight excluding hydrogens is 589 g/mol. The highest BCUT2D eigenvalue weighted by Crippen LogP contribution is 2.37. The number of nitrogens with zero attached hydrogens (tertiary/aromatic N) is 1. The molecule has 0 bridgehead atoms. The van der Waals surface area contributed by atoms with Gasteiger partial charge in [-0.1, -0.05) is 114 Å². The van der Waals surface area contributed by atoms with Crippen LogP contribution in [0.4, 0.5) is 0 Å². The van der Waals surface area contributed by atoms with Crippen LogP contribution in [0.2, 0.25) is 0 Å². The Kier molecular flexibility index (Phi) is 8.58. The molecule has 212 valence electrons. The summed E-state index contributed by atoms with van der Waals surface area (Å²) >= 11 is 6.51. The number of aromatic hydroxyl groups is 1. The first kappa shape index (κ1) is 29.2. The van der Waals surface area contributed by atoms with Gasteiger partial charge in [0.2, 0.25) is 0 Å². The van der Waals surface area contributed by atoms with Crippen molar-refractivity contribution in [3.63, 3.8) is 0 Å². The minimum atomic E-state index is -4.21. The van der Waals surface area contributed by atoms with Gasteiger partial charge in [-0.05, 0) is 47.9 Å². The molecule has 0 radical (unpaired) electrons. The maximum Gasteiger partial charge on any atom is 0.266 e. The van der Waals surface area contributed by atoms with E-state index in [2.05, 4.69) is 4.72 Å². The van der Waals surface area contributed by atoms with E-state index in [0.717, 1.165) is 38.9 Å². The number of thiocarbonyl (C=S) groups is 1. The number of carbonyl (C=O) groups excluding carboxylic acids is 2. The molecule has 1 unspecified atom stereocenters. The SMILES string of the molecule is Cc1ccc(S(=O)(=O)NC(=O)C(Cc2ccccc2)N2C(=O)/C(=C/c3ccc(-c4ccccc4)cc3O)SC2=S)cc1. The van der Waals surface area contributed by atoms with Crippen molar-refractivity contribution in [1.29, 1.82) is 0 Å². The zero-order chi connectivity index (χ0) is 29.9. The van der Waals surface area contributed by atoms with E-state index in [1.807, 2.05) is 49.4 Å². The normalized spacial score (nSPS) is 15.2. The lowest BCUT2D eigenvalue weighted by Crippen LogP contribution is -2.51. The van der Waals surface area contributed by atoms with Gasteiger partial charge in [0.05, 0.1) is 9.80 Å². The highest BCUT2D eigenvalue weighted by molar-refractivity contribution is 8.26. The molecule has 4 aromatic rings. The van der Waals surface area contributed by atoms with E-state index in [0.29, 0.717) is 5.56 Å². The third-order valence-electron chi connectivity index (χ3n) is 6.70. The van der Waals surface area contributed by atoms with Crippen LogP contribution >= 0.6 is 24.0 Å². The van der Waals surface area contributed by atoms with Crippen LogP contribution in [0.1, 0.15) is 16.7 Å². The van der Waals surface area contributed by atoms with Crippen LogP contribution in [0.3, 0.4) is 0 Å². The number of benzene rings is 4. The number of amides is 2. The summed E-state index contributed by atoms with van der Waals surface area (Å²) in [5.41, 5.74) is 3.74. The molecule has 0 aromatic heterocycles. The average Bonchev–Trinajstić information content (AvgIpc) is 3.25. The monoisotopic (exact) mass is 614 g/mol. The summed E-state index contributed by atoms with van der Waals surface area (Å²) in [6.07, 6.45) is 1.55. The number of phenolic OH excluding ortho intramolecular Hbond substituents is 1. The van der Waals surface area contributed by atoms with Crippen LogP contribution in [-0.2, 0) is 26.0 Å². The van der Waals surface area contributed by atoms with Gasteiger partial charge in [-0.15, -0.1) is 0 Å². The second-order valence-corrected chi connectivity index (χ2v) is 13.0. The van der Waals surface area contributed by atoms with E-state index in [1.54, 1.807) is 48.5 Å². The first-order chi connectivity index (χ1) is 20.1. The average molecular weight is 615 g/mol. The molecule has 1 saturated heterocycles. The summed E-state index contributed by atoms with van der Waals surface area (Å²) in [6.45, 7) is 1.82. The maximum atomic E-state index is 13.7. The van der Waals surface area contributed by atoms with E-state index < -0.39 is 27.9 Å². The van der Waals surface area contributed by atoms with Crippen LogP contribution in [-0.4, -0.2) is 40.6 Å². The number of aryl methyl sites for hydroxylation is 1. The van der Waals surface area contributed by atoms with Gasteiger partial charge in [-0.25, -0.2) is 13.1 Å². The van der Waals surface area contributed by atoms with Gasteiger partial charge in [0, 0.05) is 12.0 Å². The molecule has 7 nitrogen and oxygen atoms in total. The Hall–Kier alpha value is -4.25.